The van der Waals surface area contributed by atoms with Gasteiger partial charge in [0.25, 0.3) is 0 Å². The molecule has 1 aromatic carbocycles. The quantitative estimate of drug-likeness (QED) is 0.254. The van der Waals surface area contributed by atoms with Crippen molar-refractivity contribution in [3.8, 4) is 11.1 Å². The van der Waals surface area contributed by atoms with Gasteiger partial charge in [-0.2, -0.15) is 0 Å². The monoisotopic (exact) mass is 494 g/mol. The molecule has 0 unspecified atom stereocenters. The Bertz CT molecular complexity index is 1570. The molecule has 162 valence electrons. The van der Waals surface area contributed by atoms with Crippen LogP contribution in [0.5, 0.6) is 0 Å². The molecule has 0 spiro atoms. The van der Waals surface area contributed by atoms with Crippen molar-refractivity contribution < 1.29 is 0 Å². The van der Waals surface area contributed by atoms with Crippen molar-refractivity contribution in [1.82, 2.24) is 19.9 Å². The highest BCUT2D eigenvalue weighted by atomic mass is 79.9. The van der Waals surface area contributed by atoms with Crippen LogP contribution in [0, 0.1) is 0 Å². The number of nitrogens with zero attached hydrogens (tertiary/aromatic N) is 2. The Hall–Kier alpha value is -3.44. The Balaban J connectivity index is 1.70. The standard InChI is InChI=1S/C28H23BrN4/c1-28(2)16-23-14-21-10-12-25(32-21)27(17-3-5-18(29)6-4-17)24-11-9-20(31-24)13-19-7-8-22(30-19)15-26(28)33-23/h3-15,30-31H,16H2,1-2H3. The first-order valence-electron chi connectivity index (χ1n) is 11.1. The molecule has 0 amide bonds. The van der Waals surface area contributed by atoms with Gasteiger partial charge in [0.2, 0.25) is 0 Å². The van der Waals surface area contributed by atoms with E-state index in [0.29, 0.717) is 0 Å². The van der Waals surface area contributed by atoms with Gasteiger partial charge in [-0.1, -0.05) is 41.9 Å². The maximum Gasteiger partial charge on any atom is 0.0736 e. The first-order valence-corrected chi connectivity index (χ1v) is 11.9. The molecular formula is C28H23BrN4. The molecule has 2 aliphatic rings. The van der Waals surface area contributed by atoms with E-state index in [1.165, 1.54) is 0 Å². The summed E-state index contributed by atoms with van der Waals surface area (Å²) in [5.74, 6) is 0. The molecular weight excluding hydrogens is 472 g/mol. The summed E-state index contributed by atoms with van der Waals surface area (Å²) >= 11 is 3.55. The van der Waals surface area contributed by atoms with Crippen molar-refractivity contribution in [2.75, 3.05) is 0 Å². The van der Waals surface area contributed by atoms with Gasteiger partial charge in [-0.3, -0.25) is 4.98 Å². The van der Waals surface area contributed by atoms with Gasteiger partial charge in [-0.15, -0.1) is 0 Å². The molecule has 5 heterocycles. The smallest absolute Gasteiger partial charge is 0.0736 e. The van der Waals surface area contributed by atoms with Crippen LogP contribution < -0.4 is 0 Å². The number of nitrogens with one attached hydrogen (secondary N) is 2. The molecule has 0 saturated carbocycles. The fourth-order valence-corrected chi connectivity index (χ4v) is 4.85. The van der Waals surface area contributed by atoms with E-state index in [-0.39, 0.29) is 5.41 Å². The van der Waals surface area contributed by atoms with E-state index in [9.17, 15) is 0 Å². The van der Waals surface area contributed by atoms with Crippen molar-refractivity contribution in [3.63, 3.8) is 0 Å². The fourth-order valence-electron chi connectivity index (χ4n) is 4.58. The van der Waals surface area contributed by atoms with Gasteiger partial charge < -0.3 is 9.97 Å². The number of hydrogen-bond donors (Lipinski definition) is 2. The minimum Gasteiger partial charge on any atom is -0.355 e. The molecule has 6 rings (SSSR count). The predicted octanol–water partition coefficient (Wildman–Crippen LogP) is 7.44. The van der Waals surface area contributed by atoms with Crippen molar-refractivity contribution in [1.29, 1.82) is 0 Å². The highest BCUT2D eigenvalue weighted by Crippen LogP contribution is 2.33. The first-order chi connectivity index (χ1) is 15.9. The second kappa shape index (κ2) is 7.56. The molecule has 0 radical (unpaired) electrons. The van der Waals surface area contributed by atoms with E-state index in [2.05, 4.69) is 119 Å². The van der Waals surface area contributed by atoms with Gasteiger partial charge in [-0.05, 0) is 72.3 Å². The highest BCUT2D eigenvalue weighted by Gasteiger charge is 2.28. The molecule has 3 aromatic heterocycles. The Morgan fingerprint density at radius 2 is 1.52 bits per heavy atom. The molecule has 5 heteroatoms. The summed E-state index contributed by atoms with van der Waals surface area (Å²) in [7, 11) is 0. The number of H-pyrrole nitrogens is 2. The molecule has 2 aliphatic heterocycles. The van der Waals surface area contributed by atoms with Crippen LogP contribution in [-0.2, 0) is 11.8 Å². The minimum absolute atomic E-state index is 0.0210. The second-order valence-electron chi connectivity index (χ2n) is 9.32. The Morgan fingerprint density at radius 3 is 2.33 bits per heavy atom. The van der Waals surface area contributed by atoms with Crippen LogP contribution in [0.15, 0.2) is 71.2 Å². The zero-order chi connectivity index (χ0) is 22.6. The van der Waals surface area contributed by atoms with E-state index < -0.39 is 0 Å². The number of fused-ring (bicyclic) bond motifs is 8. The Labute approximate surface area is 200 Å². The lowest BCUT2D eigenvalue weighted by atomic mass is 9.87. The van der Waals surface area contributed by atoms with Crippen LogP contribution in [0.4, 0.5) is 0 Å². The van der Waals surface area contributed by atoms with E-state index in [1.807, 2.05) is 0 Å². The summed E-state index contributed by atoms with van der Waals surface area (Å²) in [5, 5.41) is 0. The van der Waals surface area contributed by atoms with Crippen molar-refractivity contribution in [2.45, 2.75) is 25.7 Å². The molecule has 0 atom stereocenters. The van der Waals surface area contributed by atoms with Crippen molar-refractivity contribution in [2.24, 2.45) is 0 Å². The first kappa shape index (κ1) is 20.2. The van der Waals surface area contributed by atoms with E-state index in [0.717, 1.165) is 66.9 Å². The van der Waals surface area contributed by atoms with Crippen LogP contribution in [-0.4, -0.2) is 19.9 Å². The average molecular weight is 495 g/mol. The summed E-state index contributed by atoms with van der Waals surface area (Å²) < 4.78 is 1.05. The molecule has 0 saturated heterocycles. The third-order valence-electron chi connectivity index (χ3n) is 6.26. The van der Waals surface area contributed by atoms with Gasteiger partial charge in [0.1, 0.15) is 0 Å². The number of rotatable bonds is 1. The van der Waals surface area contributed by atoms with Crippen molar-refractivity contribution >= 4 is 50.1 Å². The van der Waals surface area contributed by atoms with Gasteiger partial charge >= 0.3 is 0 Å². The predicted molar refractivity (Wildman–Crippen MR) is 140 cm³/mol. The van der Waals surface area contributed by atoms with E-state index in [4.69, 9.17) is 9.97 Å². The summed E-state index contributed by atoms with van der Waals surface area (Å²) in [4.78, 5) is 17.1. The van der Waals surface area contributed by atoms with E-state index in [1.54, 1.807) is 0 Å². The van der Waals surface area contributed by atoms with Crippen molar-refractivity contribution in [3.05, 3.63) is 94.0 Å². The molecule has 8 bridgehead atoms. The lowest BCUT2D eigenvalue weighted by Gasteiger charge is -2.15. The number of hydrogen-bond acceptors (Lipinski definition) is 2. The van der Waals surface area contributed by atoms with Crippen LogP contribution >= 0.6 is 15.9 Å². The molecule has 4 aromatic rings. The average Bonchev–Trinajstić information content (AvgIpc) is 3.55. The summed E-state index contributed by atoms with van der Waals surface area (Å²) in [5.41, 5.74) is 10.4. The minimum atomic E-state index is -0.0210. The molecule has 0 fully saturated rings. The molecule has 2 N–H and O–H groups in total. The third-order valence-corrected chi connectivity index (χ3v) is 6.79. The zero-order valence-electron chi connectivity index (χ0n) is 18.5. The zero-order valence-corrected chi connectivity index (χ0v) is 20.1. The van der Waals surface area contributed by atoms with Crippen LogP contribution in [0.2, 0.25) is 0 Å². The Morgan fingerprint density at radius 1 is 0.788 bits per heavy atom. The third kappa shape index (κ3) is 3.83. The topological polar surface area (TPSA) is 57.4 Å². The number of aromatic nitrogens is 4. The van der Waals surface area contributed by atoms with Crippen LogP contribution in [0.3, 0.4) is 0 Å². The highest BCUT2D eigenvalue weighted by molar-refractivity contribution is 9.10. The van der Waals surface area contributed by atoms with E-state index >= 15 is 0 Å². The number of halogens is 1. The second-order valence-corrected chi connectivity index (χ2v) is 10.2. The fraction of sp³-hybridized carbons (Fsp3) is 0.143. The van der Waals surface area contributed by atoms with Crippen LogP contribution in [0.1, 0.15) is 36.6 Å². The van der Waals surface area contributed by atoms with Crippen LogP contribution in [0.25, 0.3) is 45.3 Å². The normalized spacial score (nSPS) is 14.5. The number of benzene rings is 1. The summed E-state index contributed by atoms with van der Waals surface area (Å²) in [6, 6.07) is 23.2. The van der Waals surface area contributed by atoms with Gasteiger partial charge in [0, 0.05) is 55.3 Å². The molecule has 0 aliphatic carbocycles. The van der Waals surface area contributed by atoms with Gasteiger partial charge in [0.05, 0.1) is 11.4 Å². The van der Waals surface area contributed by atoms with Gasteiger partial charge in [-0.25, -0.2) is 4.98 Å². The summed E-state index contributed by atoms with van der Waals surface area (Å²) in [6.07, 6.45) is 5.07. The SMILES string of the molecule is CC1(C)Cc2cc3nc(c(-c4ccc(Br)cc4)c4ccc(cc5ccc(cc1n2)[nH]5)[nH]4)C=C3. The number of aromatic amines is 2. The largest absolute Gasteiger partial charge is 0.355 e. The Kier molecular flexibility index (Phi) is 4.63. The van der Waals surface area contributed by atoms with Gasteiger partial charge in [0.15, 0.2) is 0 Å². The summed E-state index contributed by atoms with van der Waals surface area (Å²) in [6.45, 7) is 4.49. The maximum absolute atomic E-state index is 4.99. The molecule has 33 heavy (non-hydrogen) atoms. The lowest BCUT2D eigenvalue weighted by Crippen LogP contribution is -2.14. The molecule has 4 nitrogen and oxygen atoms in total. The lowest BCUT2D eigenvalue weighted by molar-refractivity contribution is 0.543. The maximum atomic E-state index is 4.99.